The Bertz CT molecular complexity index is 1570. The van der Waals surface area contributed by atoms with Gasteiger partial charge >= 0.3 is 0 Å². The molecule has 1 saturated heterocycles. The number of nitrogens with zero attached hydrogens (tertiary/aromatic N) is 7. The second kappa shape index (κ2) is 6.97. The summed E-state index contributed by atoms with van der Waals surface area (Å²) in [7, 11) is 1.88. The molecular weight excluding hydrogens is 470 g/mol. The molecule has 7 rings (SSSR count). The fourth-order valence-electron chi connectivity index (χ4n) is 5.69. The lowest BCUT2D eigenvalue weighted by molar-refractivity contribution is 0.549. The van der Waals surface area contributed by atoms with Gasteiger partial charge in [-0.05, 0) is 30.9 Å². The van der Waals surface area contributed by atoms with Crippen LogP contribution in [0.4, 0.5) is 5.82 Å². The number of nitrogens with one attached hydrogen (secondary N) is 1. The summed E-state index contributed by atoms with van der Waals surface area (Å²) in [5.74, 6) is 1.84. The summed E-state index contributed by atoms with van der Waals surface area (Å²) < 4.78 is 1.76. The molecule has 5 aromatic rings. The van der Waals surface area contributed by atoms with Gasteiger partial charge in [0.1, 0.15) is 16.3 Å². The Balaban J connectivity index is 1.18. The van der Waals surface area contributed by atoms with Crippen molar-refractivity contribution < 1.29 is 0 Å². The molecule has 2 aliphatic rings. The molecule has 0 radical (unpaired) electrons. The number of aryl methyl sites for hydroxylation is 2. The SMILES string of the molecule is Cc1csc(C2(CN)[C@@H]3CN(c4cnc5c(-c6ccc7nn(C)cc7c6Cl)[nH]nc5n4)C[C@@H]32)n1. The van der Waals surface area contributed by atoms with Gasteiger partial charge in [0, 0.05) is 60.3 Å². The number of nitrogens with two attached hydrogens (primary N) is 1. The Labute approximate surface area is 204 Å². The summed E-state index contributed by atoms with van der Waals surface area (Å²) in [5, 5.41) is 16.8. The Morgan fingerprint density at radius 1 is 1.26 bits per heavy atom. The van der Waals surface area contributed by atoms with Gasteiger partial charge in [-0.1, -0.05) is 11.6 Å². The lowest BCUT2D eigenvalue weighted by Crippen LogP contribution is -2.35. The van der Waals surface area contributed by atoms with Gasteiger partial charge in [0.2, 0.25) is 5.65 Å². The van der Waals surface area contributed by atoms with Crippen LogP contribution in [0.15, 0.2) is 29.9 Å². The molecule has 3 atom stereocenters. The second-order valence-electron chi connectivity index (χ2n) is 9.32. The number of H-pyrrole nitrogens is 1. The van der Waals surface area contributed by atoms with E-state index in [2.05, 4.69) is 25.6 Å². The number of rotatable bonds is 4. The van der Waals surface area contributed by atoms with Crippen LogP contribution in [0, 0.1) is 18.8 Å². The maximum absolute atomic E-state index is 6.72. The monoisotopic (exact) mass is 491 g/mol. The summed E-state index contributed by atoms with van der Waals surface area (Å²) >= 11 is 8.46. The first kappa shape index (κ1) is 20.3. The van der Waals surface area contributed by atoms with Crippen LogP contribution in [-0.2, 0) is 12.5 Å². The first-order valence-electron chi connectivity index (χ1n) is 11.2. The fraction of sp³-hybridized carbons (Fsp3) is 0.348. The number of anilines is 1. The van der Waals surface area contributed by atoms with Crippen molar-refractivity contribution in [2.45, 2.75) is 12.3 Å². The molecule has 1 aliphatic carbocycles. The highest BCUT2D eigenvalue weighted by molar-refractivity contribution is 7.09. The Kier molecular flexibility index (Phi) is 4.16. The summed E-state index contributed by atoms with van der Waals surface area (Å²) in [5.41, 5.74) is 11.1. The predicted molar refractivity (Wildman–Crippen MR) is 133 cm³/mol. The van der Waals surface area contributed by atoms with Gasteiger partial charge in [-0.15, -0.1) is 11.3 Å². The van der Waals surface area contributed by atoms with Crippen LogP contribution in [0.2, 0.25) is 5.02 Å². The number of aromatic amines is 1. The van der Waals surface area contributed by atoms with E-state index in [1.54, 1.807) is 16.0 Å². The fourth-order valence-corrected chi connectivity index (χ4v) is 7.13. The molecule has 4 aromatic heterocycles. The lowest BCUT2D eigenvalue weighted by Gasteiger charge is -2.25. The number of benzene rings is 1. The largest absolute Gasteiger partial charge is 0.355 e. The highest BCUT2D eigenvalue weighted by Crippen LogP contribution is 2.63. The molecule has 0 amide bonds. The van der Waals surface area contributed by atoms with Gasteiger partial charge in [0.25, 0.3) is 0 Å². The van der Waals surface area contributed by atoms with Gasteiger partial charge < -0.3 is 10.6 Å². The summed E-state index contributed by atoms with van der Waals surface area (Å²) in [6.07, 6.45) is 3.75. The molecule has 172 valence electrons. The van der Waals surface area contributed by atoms with Crippen molar-refractivity contribution in [3.05, 3.63) is 45.6 Å². The van der Waals surface area contributed by atoms with Crippen LogP contribution in [0.1, 0.15) is 10.7 Å². The van der Waals surface area contributed by atoms with E-state index < -0.39 is 0 Å². The van der Waals surface area contributed by atoms with Crippen molar-refractivity contribution in [2.24, 2.45) is 24.6 Å². The minimum Gasteiger partial charge on any atom is -0.355 e. The normalized spacial score (nSPS) is 23.8. The minimum atomic E-state index is 0.0220. The topological polar surface area (TPSA) is 114 Å². The third kappa shape index (κ3) is 2.67. The molecule has 1 saturated carbocycles. The molecule has 9 nitrogen and oxygen atoms in total. The van der Waals surface area contributed by atoms with Crippen LogP contribution >= 0.6 is 22.9 Å². The van der Waals surface area contributed by atoms with Crippen molar-refractivity contribution >= 4 is 50.8 Å². The molecule has 1 aromatic carbocycles. The van der Waals surface area contributed by atoms with Crippen molar-refractivity contribution in [1.29, 1.82) is 0 Å². The zero-order valence-corrected chi connectivity index (χ0v) is 20.2. The average Bonchev–Trinajstić information content (AvgIpc) is 3.44. The zero-order valence-electron chi connectivity index (χ0n) is 18.7. The summed E-state index contributed by atoms with van der Waals surface area (Å²) in [6, 6.07) is 3.90. The van der Waals surface area contributed by atoms with Gasteiger partial charge in [0.05, 0.1) is 22.4 Å². The average molecular weight is 492 g/mol. The number of halogens is 1. The number of hydrogen-bond donors (Lipinski definition) is 2. The first-order chi connectivity index (χ1) is 16.5. The van der Waals surface area contributed by atoms with Crippen molar-refractivity contribution in [2.75, 3.05) is 24.5 Å². The predicted octanol–water partition coefficient (Wildman–Crippen LogP) is 3.29. The van der Waals surface area contributed by atoms with E-state index >= 15 is 0 Å². The number of aromatic nitrogens is 7. The molecule has 0 bridgehead atoms. The highest BCUT2D eigenvalue weighted by atomic mass is 35.5. The van der Waals surface area contributed by atoms with Gasteiger partial charge in [-0.2, -0.15) is 10.2 Å². The van der Waals surface area contributed by atoms with Gasteiger partial charge in [-0.3, -0.25) is 9.78 Å². The van der Waals surface area contributed by atoms with Crippen LogP contribution in [0.25, 0.3) is 33.3 Å². The van der Waals surface area contributed by atoms with E-state index in [0.717, 1.165) is 46.8 Å². The standard InChI is InChI=1S/C23H22ClN9S/c1-11-9-34-22(27-11)23(10-25)14-7-33(8-15(14)23)17-5-26-20-19(29-30-21(20)28-17)12-3-4-16-13(18(12)24)6-32(2)31-16/h3-6,9,14-15H,7-8,10,25H2,1-2H3,(H,28,29,30)/t14-,15+,23?. The lowest BCUT2D eigenvalue weighted by atomic mass is 10.0. The Morgan fingerprint density at radius 3 is 2.82 bits per heavy atom. The molecule has 11 heteroatoms. The molecule has 34 heavy (non-hydrogen) atoms. The maximum atomic E-state index is 6.72. The third-order valence-corrected chi connectivity index (χ3v) is 9.03. The number of hydrogen-bond acceptors (Lipinski definition) is 8. The quantitative estimate of drug-likeness (QED) is 0.396. The molecule has 5 heterocycles. The minimum absolute atomic E-state index is 0.0220. The van der Waals surface area contributed by atoms with Crippen LogP contribution in [0.5, 0.6) is 0 Å². The van der Waals surface area contributed by atoms with E-state index in [0.29, 0.717) is 34.6 Å². The molecule has 1 unspecified atom stereocenters. The molecule has 0 spiro atoms. The van der Waals surface area contributed by atoms with Crippen molar-refractivity contribution in [3.8, 4) is 11.3 Å². The summed E-state index contributed by atoms with van der Waals surface area (Å²) in [6.45, 7) is 4.49. The molecular formula is C23H22ClN9S. The number of piperidine rings is 1. The Morgan fingerprint density at radius 2 is 2.09 bits per heavy atom. The van der Waals surface area contributed by atoms with E-state index in [9.17, 15) is 0 Å². The van der Waals surface area contributed by atoms with E-state index in [1.807, 2.05) is 38.5 Å². The van der Waals surface area contributed by atoms with Crippen LogP contribution < -0.4 is 10.6 Å². The number of thiazole rings is 1. The van der Waals surface area contributed by atoms with Crippen molar-refractivity contribution in [1.82, 2.24) is 34.9 Å². The molecule has 1 aliphatic heterocycles. The smallest absolute Gasteiger partial charge is 0.202 e. The number of fused-ring (bicyclic) bond motifs is 3. The van der Waals surface area contributed by atoms with Crippen molar-refractivity contribution in [3.63, 3.8) is 0 Å². The summed E-state index contributed by atoms with van der Waals surface area (Å²) in [4.78, 5) is 16.6. The van der Waals surface area contributed by atoms with Crippen LogP contribution in [-0.4, -0.2) is 54.6 Å². The van der Waals surface area contributed by atoms with Crippen LogP contribution in [0.3, 0.4) is 0 Å². The van der Waals surface area contributed by atoms with E-state index in [1.165, 1.54) is 5.01 Å². The molecule has 2 fully saturated rings. The zero-order chi connectivity index (χ0) is 23.2. The van der Waals surface area contributed by atoms with Gasteiger partial charge in [0.15, 0.2) is 0 Å². The Hall–Kier alpha value is -3.08. The first-order valence-corrected chi connectivity index (χ1v) is 12.5. The van der Waals surface area contributed by atoms with Gasteiger partial charge in [-0.25, -0.2) is 15.0 Å². The molecule has 3 N–H and O–H groups in total. The maximum Gasteiger partial charge on any atom is 0.202 e. The highest BCUT2D eigenvalue weighted by Gasteiger charge is 2.69. The third-order valence-electron chi connectivity index (χ3n) is 7.47. The second-order valence-corrected chi connectivity index (χ2v) is 10.6. The van der Waals surface area contributed by atoms with E-state index in [4.69, 9.17) is 32.3 Å². The van der Waals surface area contributed by atoms with E-state index in [-0.39, 0.29) is 5.41 Å².